The minimum atomic E-state index is -0.259. The number of aryl methyl sites for hydroxylation is 1. The van der Waals surface area contributed by atoms with Crippen molar-refractivity contribution in [3.8, 4) is 11.4 Å². The summed E-state index contributed by atoms with van der Waals surface area (Å²) < 4.78 is 7.80. The molecular weight excluding hydrogens is 849 g/mol. The minimum Gasteiger partial charge on any atom is -0.494 e. The van der Waals surface area contributed by atoms with E-state index in [0.717, 1.165) is 109 Å². The third-order valence-corrected chi connectivity index (χ3v) is 16.8. The molecule has 4 atom stereocenters. The summed E-state index contributed by atoms with van der Waals surface area (Å²) in [4.78, 5) is 52.4. The predicted molar refractivity (Wildman–Crippen MR) is 273 cm³/mol. The average molecular weight is 927 g/mol. The van der Waals surface area contributed by atoms with Gasteiger partial charge in [0.1, 0.15) is 17.9 Å². The molecule has 2 amide bonds. The Kier molecular flexibility index (Phi) is 15.4. The number of amides is 2. The number of para-hydroxylation sites is 1. The fraction of sp³-hybridized carbons (Fsp3) is 0.625. The first-order valence-corrected chi connectivity index (χ1v) is 26.6. The predicted octanol–water partition coefficient (Wildman–Crippen LogP) is 10.4. The number of carbonyl (C=O) groups is 2. The van der Waals surface area contributed by atoms with Crippen molar-refractivity contribution in [2.75, 3.05) is 37.0 Å². The number of benzene rings is 2. The van der Waals surface area contributed by atoms with Crippen molar-refractivity contribution in [3.63, 3.8) is 0 Å². The van der Waals surface area contributed by atoms with Gasteiger partial charge in [0.25, 0.3) is 5.56 Å². The van der Waals surface area contributed by atoms with Crippen molar-refractivity contribution >= 4 is 40.0 Å². The van der Waals surface area contributed by atoms with E-state index in [1.807, 2.05) is 25.1 Å². The lowest BCUT2D eigenvalue weighted by atomic mass is 9.49. The number of carbonyl (C=O) groups excluding carboxylic acids is 2. The third-order valence-electron chi connectivity index (χ3n) is 16.8. The van der Waals surface area contributed by atoms with Gasteiger partial charge in [-0.3, -0.25) is 19.0 Å². The molecule has 5 saturated carbocycles. The van der Waals surface area contributed by atoms with Gasteiger partial charge >= 0.3 is 0 Å². The largest absolute Gasteiger partial charge is 0.494 e. The van der Waals surface area contributed by atoms with Crippen molar-refractivity contribution in [2.24, 2.45) is 34.8 Å². The highest BCUT2D eigenvalue weighted by Gasteiger charge is 2.51. The molecule has 12 heteroatoms. The number of fused-ring (bicyclic) bond motifs is 1. The number of unbranched alkanes of at least 4 members (excludes halogenated alkanes) is 7. The van der Waals surface area contributed by atoms with Gasteiger partial charge in [0.2, 0.25) is 11.8 Å². The fourth-order valence-corrected chi connectivity index (χ4v) is 14.1. The lowest BCUT2D eigenvalue weighted by Crippen LogP contribution is -2.54. The molecule has 1 saturated heterocycles. The van der Waals surface area contributed by atoms with E-state index < -0.39 is 0 Å². The molecule has 5 aliphatic carbocycles. The number of rotatable bonds is 21. The molecule has 366 valence electrons. The number of primary amides is 1. The van der Waals surface area contributed by atoms with E-state index in [2.05, 4.69) is 52.0 Å². The Morgan fingerprint density at radius 2 is 1.66 bits per heavy atom. The summed E-state index contributed by atoms with van der Waals surface area (Å²) in [5.41, 5.74) is 10.7. The van der Waals surface area contributed by atoms with Gasteiger partial charge in [-0.2, -0.15) is 0 Å². The van der Waals surface area contributed by atoms with Crippen LogP contribution >= 0.6 is 0 Å². The molecule has 68 heavy (non-hydrogen) atoms. The summed E-state index contributed by atoms with van der Waals surface area (Å²) >= 11 is 0. The van der Waals surface area contributed by atoms with Crippen LogP contribution in [0.2, 0.25) is 0 Å². The maximum absolute atomic E-state index is 14.2. The number of anilines is 3. The summed E-state index contributed by atoms with van der Waals surface area (Å²) in [5.74, 6) is 3.70. The first kappa shape index (κ1) is 48.1. The standard InChI is InChI=1S/C56H78N8O4/c1-4-5-6-7-8-9-10-11-17-43(61-50(65)34-56-31-38-25-39(32-56)27-40(26-38)33-56)29-45-35-58-22-23-63(45)44-20-21-47(49(30-44)68-3)62-54-52-37(2)24-51(66)64(55(52)60-36-59-54)48-19-13-12-18-46(48)41-15-14-16-42(28-41)53(57)67/h12-13,18-21,24,30,36,38-43,45,58H,4-11,14-17,22-23,25-29,31-35H2,1-3H3,(H2,57,67)(H,61,65)(H,59,60,62)/t38?,39?,40?,41-,42-,43-,45-,56?/m1/s1. The van der Waals surface area contributed by atoms with Gasteiger partial charge in [-0.1, -0.05) is 82.9 Å². The Labute approximate surface area is 404 Å². The number of methoxy groups -OCH3 is 1. The number of aromatic nitrogens is 3. The average Bonchev–Trinajstić information content (AvgIpc) is 3.32. The van der Waals surface area contributed by atoms with Crippen molar-refractivity contribution in [1.29, 1.82) is 0 Å². The highest BCUT2D eigenvalue weighted by molar-refractivity contribution is 5.93. The lowest BCUT2D eigenvalue weighted by Gasteiger charge is -2.56. The van der Waals surface area contributed by atoms with Crippen LogP contribution in [0.15, 0.2) is 59.7 Å². The molecule has 6 fully saturated rings. The van der Waals surface area contributed by atoms with E-state index >= 15 is 0 Å². The maximum Gasteiger partial charge on any atom is 0.257 e. The Balaban J connectivity index is 0.932. The Bertz CT molecular complexity index is 2420. The van der Waals surface area contributed by atoms with E-state index in [1.54, 1.807) is 17.7 Å². The summed E-state index contributed by atoms with van der Waals surface area (Å²) in [6, 6.07) is 16.3. The molecule has 6 aliphatic rings. The molecular formula is C56H78N8O4. The van der Waals surface area contributed by atoms with Gasteiger partial charge < -0.3 is 31.3 Å². The normalized spacial score (nSPS) is 25.9. The molecule has 2 aromatic heterocycles. The van der Waals surface area contributed by atoms with Crippen LogP contribution in [0.3, 0.4) is 0 Å². The van der Waals surface area contributed by atoms with Crippen LogP contribution in [0.5, 0.6) is 5.75 Å². The zero-order chi connectivity index (χ0) is 47.2. The Hall–Kier alpha value is -4.97. The number of nitrogens with one attached hydrogen (secondary N) is 3. The van der Waals surface area contributed by atoms with Crippen molar-refractivity contribution in [1.82, 2.24) is 25.2 Å². The molecule has 0 spiro atoms. The number of hydrogen-bond donors (Lipinski definition) is 4. The monoisotopic (exact) mass is 927 g/mol. The van der Waals surface area contributed by atoms with Crippen LogP contribution in [0.4, 0.5) is 17.2 Å². The van der Waals surface area contributed by atoms with Gasteiger partial charge in [0.15, 0.2) is 5.65 Å². The van der Waals surface area contributed by atoms with Gasteiger partial charge in [-0.05, 0) is 136 Å². The first-order valence-electron chi connectivity index (χ1n) is 26.6. The van der Waals surface area contributed by atoms with Crippen LogP contribution in [0, 0.1) is 36.0 Å². The second kappa shape index (κ2) is 21.8. The molecule has 2 aromatic carbocycles. The number of hydrogen-bond acceptors (Lipinski definition) is 9. The van der Waals surface area contributed by atoms with Crippen LogP contribution in [0.1, 0.15) is 159 Å². The van der Waals surface area contributed by atoms with E-state index in [9.17, 15) is 14.4 Å². The lowest BCUT2D eigenvalue weighted by molar-refractivity contribution is -0.130. The summed E-state index contributed by atoms with van der Waals surface area (Å²) in [6.07, 6.45) is 25.6. The van der Waals surface area contributed by atoms with Crippen LogP contribution < -0.4 is 36.9 Å². The quantitative estimate of drug-likeness (QED) is 0.0598. The van der Waals surface area contributed by atoms with Crippen molar-refractivity contribution in [2.45, 2.75) is 167 Å². The highest BCUT2D eigenvalue weighted by atomic mass is 16.5. The van der Waals surface area contributed by atoms with Crippen molar-refractivity contribution in [3.05, 3.63) is 76.3 Å². The fourth-order valence-electron chi connectivity index (χ4n) is 14.1. The number of piperazine rings is 1. The van der Waals surface area contributed by atoms with E-state index in [0.29, 0.717) is 30.1 Å². The molecule has 0 unspecified atom stereocenters. The van der Waals surface area contributed by atoms with Gasteiger partial charge in [0, 0.05) is 61.9 Å². The summed E-state index contributed by atoms with van der Waals surface area (Å²) in [7, 11) is 1.70. The smallest absolute Gasteiger partial charge is 0.257 e. The van der Waals surface area contributed by atoms with Gasteiger partial charge in [0.05, 0.1) is 23.9 Å². The first-order chi connectivity index (χ1) is 33.1. The van der Waals surface area contributed by atoms with Crippen LogP contribution in [0.25, 0.3) is 16.7 Å². The van der Waals surface area contributed by atoms with E-state index in [-0.39, 0.29) is 46.7 Å². The highest BCUT2D eigenvalue weighted by Crippen LogP contribution is 2.61. The van der Waals surface area contributed by atoms with Crippen LogP contribution in [-0.2, 0) is 9.59 Å². The zero-order valence-electron chi connectivity index (χ0n) is 41.2. The van der Waals surface area contributed by atoms with Gasteiger partial charge in [-0.15, -0.1) is 0 Å². The molecule has 10 rings (SSSR count). The molecule has 0 radical (unpaired) electrons. The second-order valence-corrected chi connectivity index (χ2v) is 21.9. The third kappa shape index (κ3) is 10.9. The second-order valence-electron chi connectivity index (χ2n) is 21.9. The van der Waals surface area contributed by atoms with E-state index in [4.69, 9.17) is 20.4 Å². The Morgan fingerprint density at radius 1 is 0.926 bits per heavy atom. The molecule has 12 nitrogen and oxygen atoms in total. The number of ether oxygens (including phenoxy) is 1. The summed E-state index contributed by atoms with van der Waals surface area (Å²) in [6.45, 7) is 6.78. The topological polar surface area (TPSA) is 156 Å². The van der Waals surface area contributed by atoms with E-state index in [1.165, 1.54) is 89.8 Å². The SMILES string of the molecule is CCCCCCCCCC[C@H](C[C@@H]1CNCCN1c1ccc(Nc2ncnc3c2c(C)cc(=O)n3-c2ccccc2[C@@H]2CCC[C@@H](C(N)=O)C2)c(OC)c1)NC(=O)CC12CC3CC(CC(C3)C1)C2. The maximum atomic E-state index is 14.2. The zero-order valence-corrected chi connectivity index (χ0v) is 41.2. The summed E-state index contributed by atoms with van der Waals surface area (Å²) in [5, 5.41) is 11.7. The minimum absolute atomic E-state index is 0.0915. The number of nitrogens with zero attached hydrogens (tertiary/aromatic N) is 4. The number of pyridine rings is 1. The number of nitrogens with two attached hydrogens (primary N) is 1. The Morgan fingerprint density at radius 3 is 2.40 bits per heavy atom. The van der Waals surface area contributed by atoms with Gasteiger partial charge in [-0.25, -0.2) is 9.97 Å². The molecule has 4 aromatic rings. The molecule has 5 N–H and O–H groups in total. The van der Waals surface area contributed by atoms with Crippen molar-refractivity contribution < 1.29 is 14.3 Å². The van der Waals surface area contributed by atoms with Crippen LogP contribution in [-0.4, -0.2) is 65.2 Å². The molecule has 4 bridgehead atoms. The molecule has 3 heterocycles. The molecule has 1 aliphatic heterocycles.